The predicted octanol–water partition coefficient (Wildman–Crippen LogP) is 3.66. The molecule has 1 aliphatic heterocycles. The van der Waals surface area contributed by atoms with Gasteiger partial charge in [-0.15, -0.1) is 0 Å². The van der Waals surface area contributed by atoms with Crippen LogP contribution in [-0.2, 0) is 19.1 Å². The minimum absolute atomic E-state index is 0.205. The average Bonchev–Trinajstić information content (AvgIpc) is 2.51. The number of ketones is 2. The maximum absolute atomic E-state index is 12.2. The van der Waals surface area contributed by atoms with Crippen molar-refractivity contribution in [1.82, 2.24) is 4.90 Å². The summed E-state index contributed by atoms with van der Waals surface area (Å²) in [5, 5.41) is 0. The van der Waals surface area contributed by atoms with Crippen molar-refractivity contribution in [3.05, 3.63) is 53.9 Å². The molecule has 0 fully saturated rings. The third kappa shape index (κ3) is 4.69. The zero-order chi connectivity index (χ0) is 19.5. The van der Waals surface area contributed by atoms with E-state index in [9.17, 15) is 14.4 Å². The molecule has 0 N–H and O–H groups in total. The van der Waals surface area contributed by atoms with Gasteiger partial charge in [-0.1, -0.05) is 24.3 Å². The molecule has 0 radical (unpaired) electrons. The highest BCUT2D eigenvalue weighted by atomic mass is 16.6. The first-order valence-corrected chi connectivity index (χ1v) is 8.57. The molecule has 1 atom stereocenters. The Hall–Kier alpha value is -2.69. The Morgan fingerprint density at radius 1 is 1.12 bits per heavy atom. The van der Waals surface area contributed by atoms with Gasteiger partial charge in [-0.2, -0.15) is 0 Å². The molecule has 1 heterocycles. The Labute approximate surface area is 154 Å². The second-order valence-electron chi connectivity index (χ2n) is 7.38. The molecule has 1 aliphatic rings. The van der Waals surface area contributed by atoms with Crippen molar-refractivity contribution >= 4 is 23.6 Å². The van der Waals surface area contributed by atoms with Gasteiger partial charge in [-0.05, 0) is 51.8 Å². The molecule has 0 saturated heterocycles. The molecule has 0 aliphatic carbocycles. The lowest BCUT2D eigenvalue weighted by Crippen LogP contribution is -2.36. The minimum Gasteiger partial charge on any atom is -0.457 e. The maximum Gasteiger partial charge on any atom is 0.332 e. The number of Topliss-reactive ketones (excluding diaryl/α,β-unsaturated/α-hetero) is 2. The maximum atomic E-state index is 12.2. The Morgan fingerprint density at radius 3 is 2.31 bits per heavy atom. The van der Waals surface area contributed by atoms with Crippen molar-refractivity contribution < 1.29 is 19.1 Å². The summed E-state index contributed by atoms with van der Waals surface area (Å²) in [6.45, 7) is 8.21. The standard InChI is InChI=1S/C21H25NO4/c1-14(23)19(15(2)24)20-17-9-7-6-8-16(17)10-12-22(20)13-11-18(25)26-21(3,4)5/h6-13,19-20H,1-5H3/b13-11+. The van der Waals surface area contributed by atoms with Crippen LogP contribution >= 0.6 is 0 Å². The summed E-state index contributed by atoms with van der Waals surface area (Å²) in [6, 6.07) is 7.12. The zero-order valence-electron chi connectivity index (χ0n) is 15.9. The molecule has 0 spiro atoms. The lowest BCUT2D eigenvalue weighted by Gasteiger charge is -2.36. The van der Waals surface area contributed by atoms with E-state index in [1.807, 2.05) is 30.3 Å². The van der Waals surface area contributed by atoms with Gasteiger partial charge in [-0.3, -0.25) is 9.59 Å². The van der Waals surface area contributed by atoms with Crippen LogP contribution in [-0.4, -0.2) is 28.0 Å². The van der Waals surface area contributed by atoms with Gasteiger partial charge in [0, 0.05) is 18.5 Å². The van der Waals surface area contributed by atoms with Gasteiger partial charge in [0.25, 0.3) is 0 Å². The van der Waals surface area contributed by atoms with Crippen molar-refractivity contribution in [3.63, 3.8) is 0 Å². The second-order valence-corrected chi connectivity index (χ2v) is 7.38. The van der Waals surface area contributed by atoms with Crippen molar-refractivity contribution in [3.8, 4) is 0 Å². The summed E-state index contributed by atoms with van der Waals surface area (Å²) < 4.78 is 5.28. The second kappa shape index (κ2) is 7.68. The van der Waals surface area contributed by atoms with E-state index < -0.39 is 23.5 Å². The first-order chi connectivity index (χ1) is 12.1. The van der Waals surface area contributed by atoms with Gasteiger partial charge in [0.05, 0.1) is 6.04 Å². The molecule has 1 unspecified atom stereocenters. The van der Waals surface area contributed by atoms with Gasteiger partial charge in [-0.25, -0.2) is 4.79 Å². The zero-order valence-corrected chi connectivity index (χ0v) is 15.9. The highest BCUT2D eigenvalue weighted by molar-refractivity contribution is 6.01. The first-order valence-electron chi connectivity index (χ1n) is 8.57. The summed E-state index contributed by atoms with van der Waals surface area (Å²) in [4.78, 5) is 38.1. The lowest BCUT2D eigenvalue weighted by molar-refractivity contribution is -0.148. The molecular weight excluding hydrogens is 330 g/mol. The number of carbonyl (C=O) groups is 3. The van der Waals surface area contributed by atoms with Gasteiger partial charge in [0.1, 0.15) is 23.1 Å². The number of rotatable bonds is 5. The minimum atomic E-state index is -0.815. The van der Waals surface area contributed by atoms with E-state index in [0.717, 1.165) is 11.1 Å². The number of carbonyl (C=O) groups excluding carboxylic acids is 3. The fourth-order valence-electron chi connectivity index (χ4n) is 3.06. The largest absolute Gasteiger partial charge is 0.457 e. The van der Waals surface area contributed by atoms with Crippen LogP contribution in [0, 0.1) is 5.92 Å². The first kappa shape index (κ1) is 19.6. The van der Waals surface area contributed by atoms with E-state index in [1.54, 1.807) is 38.1 Å². The smallest absolute Gasteiger partial charge is 0.332 e. The number of esters is 1. The molecule has 2 rings (SSSR count). The predicted molar refractivity (Wildman–Crippen MR) is 99.9 cm³/mol. The summed E-state index contributed by atoms with van der Waals surface area (Å²) >= 11 is 0. The van der Waals surface area contributed by atoms with Crippen LogP contribution in [0.4, 0.5) is 0 Å². The van der Waals surface area contributed by atoms with E-state index in [1.165, 1.54) is 19.9 Å². The van der Waals surface area contributed by atoms with Crippen LogP contribution in [0.25, 0.3) is 6.08 Å². The quantitative estimate of drug-likeness (QED) is 0.458. The van der Waals surface area contributed by atoms with Gasteiger partial charge >= 0.3 is 5.97 Å². The van der Waals surface area contributed by atoms with E-state index in [2.05, 4.69) is 0 Å². The van der Waals surface area contributed by atoms with Crippen molar-refractivity contribution in [2.24, 2.45) is 5.92 Å². The SMILES string of the molecule is CC(=O)C(C(C)=O)C1c2ccccc2C=CN1/C=C/C(=O)OC(C)(C)C. The molecule has 1 aromatic rings. The fourth-order valence-corrected chi connectivity index (χ4v) is 3.06. The van der Waals surface area contributed by atoms with Crippen molar-refractivity contribution in [2.45, 2.75) is 46.3 Å². The normalized spacial score (nSPS) is 16.7. The third-order valence-corrected chi connectivity index (χ3v) is 4.04. The molecule has 1 aromatic carbocycles. The molecule has 26 heavy (non-hydrogen) atoms. The Balaban J connectivity index is 2.39. The van der Waals surface area contributed by atoms with Gasteiger partial charge in [0.2, 0.25) is 0 Å². The summed E-state index contributed by atoms with van der Waals surface area (Å²) in [5.41, 5.74) is 1.23. The Bertz CT molecular complexity index is 756. The van der Waals surface area contributed by atoms with Crippen molar-refractivity contribution in [2.75, 3.05) is 0 Å². The summed E-state index contributed by atoms with van der Waals surface area (Å²) in [7, 11) is 0. The van der Waals surface area contributed by atoms with E-state index in [4.69, 9.17) is 4.74 Å². The van der Waals surface area contributed by atoms with E-state index in [-0.39, 0.29) is 11.6 Å². The average molecular weight is 355 g/mol. The number of ether oxygens (including phenoxy) is 1. The summed E-state index contributed by atoms with van der Waals surface area (Å²) in [6.07, 6.45) is 6.53. The lowest BCUT2D eigenvalue weighted by atomic mass is 9.83. The van der Waals surface area contributed by atoms with Crippen LogP contribution in [0.3, 0.4) is 0 Å². The molecule has 0 saturated carbocycles. The summed E-state index contributed by atoms with van der Waals surface area (Å²) in [5.74, 6) is -1.71. The molecular formula is C21H25NO4. The van der Waals surface area contributed by atoms with Crippen LogP contribution in [0.5, 0.6) is 0 Å². The monoisotopic (exact) mass is 355 g/mol. The van der Waals surface area contributed by atoms with Gasteiger partial charge < -0.3 is 9.64 Å². The van der Waals surface area contributed by atoms with Crippen LogP contribution < -0.4 is 0 Å². The van der Waals surface area contributed by atoms with Crippen LogP contribution in [0.15, 0.2) is 42.7 Å². The fraction of sp³-hybridized carbons (Fsp3) is 0.381. The third-order valence-electron chi connectivity index (χ3n) is 4.04. The molecule has 138 valence electrons. The Kier molecular flexibility index (Phi) is 5.80. The topological polar surface area (TPSA) is 63.7 Å². The highest BCUT2D eigenvalue weighted by Gasteiger charge is 2.36. The molecule has 0 aromatic heterocycles. The molecule has 5 heteroatoms. The Morgan fingerprint density at radius 2 is 1.73 bits per heavy atom. The van der Waals surface area contributed by atoms with Crippen molar-refractivity contribution in [1.29, 1.82) is 0 Å². The number of hydrogen-bond donors (Lipinski definition) is 0. The molecule has 0 bridgehead atoms. The number of fused-ring (bicyclic) bond motifs is 1. The van der Waals surface area contributed by atoms with Crippen LogP contribution in [0.2, 0.25) is 0 Å². The number of hydrogen-bond acceptors (Lipinski definition) is 5. The molecule has 5 nitrogen and oxygen atoms in total. The van der Waals surface area contributed by atoms with E-state index in [0.29, 0.717) is 0 Å². The van der Waals surface area contributed by atoms with E-state index >= 15 is 0 Å². The van der Waals surface area contributed by atoms with Gasteiger partial charge in [0.15, 0.2) is 0 Å². The molecule has 0 amide bonds. The number of nitrogens with zero attached hydrogens (tertiary/aromatic N) is 1. The number of benzene rings is 1. The highest BCUT2D eigenvalue weighted by Crippen LogP contribution is 2.37. The van der Waals surface area contributed by atoms with Crippen LogP contribution in [0.1, 0.15) is 51.8 Å².